The molecule has 2 heterocycles. The number of nitrogens with zero attached hydrogens (tertiary/aromatic N) is 3. The molecule has 0 radical (unpaired) electrons. The van der Waals surface area contributed by atoms with Crippen LogP contribution in [-0.2, 0) is 12.0 Å². The summed E-state index contributed by atoms with van der Waals surface area (Å²) in [5.41, 5.74) is 0.482. The van der Waals surface area contributed by atoms with Crippen molar-refractivity contribution in [3.63, 3.8) is 0 Å². The van der Waals surface area contributed by atoms with E-state index in [-0.39, 0.29) is 29.1 Å². The molecular formula is C15H18N4O3S. The van der Waals surface area contributed by atoms with Gasteiger partial charge < -0.3 is 10.4 Å². The van der Waals surface area contributed by atoms with E-state index >= 15 is 0 Å². The van der Waals surface area contributed by atoms with Gasteiger partial charge >= 0.3 is 5.97 Å². The second-order valence-electron chi connectivity index (χ2n) is 6.07. The number of aromatic nitrogens is 3. The highest BCUT2D eigenvalue weighted by molar-refractivity contribution is 7.11. The van der Waals surface area contributed by atoms with E-state index in [2.05, 4.69) is 20.5 Å². The molecule has 0 saturated carbocycles. The van der Waals surface area contributed by atoms with Crippen LogP contribution in [0.3, 0.4) is 0 Å². The Bertz CT molecular complexity index is 749. The summed E-state index contributed by atoms with van der Waals surface area (Å²) in [5.74, 6) is -1.44. The van der Waals surface area contributed by atoms with Crippen molar-refractivity contribution in [1.82, 2.24) is 20.5 Å². The lowest BCUT2D eigenvalue weighted by Gasteiger charge is -2.12. The van der Waals surface area contributed by atoms with E-state index in [1.807, 2.05) is 20.8 Å². The Kier molecular flexibility index (Phi) is 4.74. The number of rotatable bonds is 4. The highest BCUT2D eigenvalue weighted by Gasteiger charge is 2.19. The molecule has 0 aliphatic heterocycles. The minimum Gasteiger partial charge on any atom is -0.478 e. The first kappa shape index (κ1) is 17.0. The Morgan fingerprint density at radius 2 is 1.96 bits per heavy atom. The third-order valence-corrected chi connectivity index (χ3v) is 4.41. The van der Waals surface area contributed by atoms with E-state index in [0.717, 1.165) is 5.01 Å². The maximum atomic E-state index is 12.1. The number of nitrogens with one attached hydrogen (secondary N) is 1. The molecule has 2 aromatic rings. The summed E-state index contributed by atoms with van der Waals surface area (Å²) in [6.07, 6.45) is 0. The molecule has 2 rings (SSSR count). The van der Waals surface area contributed by atoms with E-state index < -0.39 is 5.97 Å². The van der Waals surface area contributed by atoms with Crippen LogP contribution in [0.15, 0.2) is 12.1 Å². The zero-order valence-corrected chi connectivity index (χ0v) is 14.2. The predicted molar refractivity (Wildman–Crippen MR) is 85.7 cm³/mol. The van der Waals surface area contributed by atoms with E-state index in [1.165, 1.54) is 23.5 Å². The van der Waals surface area contributed by atoms with Crippen molar-refractivity contribution >= 4 is 23.2 Å². The van der Waals surface area contributed by atoms with Crippen LogP contribution in [0.5, 0.6) is 0 Å². The molecular weight excluding hydrogens is 316 g/mol. The fourth-order valence-corrected chi connectivity index (χ4v) is 2.63. The van der Waals surface area contributed by atoms with Gasteiger partial charge in [0.05, 0.1) is 17.8 Å². The fraction of sp³-hybridized carbons (Fsp3) is 0.400. The highest BCUT2D eigenvalue weighted by atomic mass is 32.1. The van der Waals surface area contributed by atoms with Gasteiger partial charge in [0.1, 0.15) is 15.7 Å². The number of aryl methyl sites for hydroxylation is 1. The Labute approximate surface area is 137 Å². The third kappa shape index (κ3) is 4.10. The number of carboxylic acid groups (broad SMARTS) is 1. The molecule has 8 heteroatoms. The van der Waals surface area contributed by atoms with Crippen molar-refractivity contribution in [2.75, 3.05) is 0 Å². The molecule has 122 valence electrons. The second kappa shape index (κ2) is 6.41. The predicted octanol–water partition coefficient (Wildman–Crippen LogP) is 2.17. The lowest BCUT2D eigenvalue weighted by Crippen LogP contribution is -2.24. The average Bonchev–Trinajstić information content (AvgIpc) is 2.93. The number of hydrogen-bond acceptors (Lipinski definition) is 6. The first-order valence-electron chi connectivity index (χ1n) is 7.00. The molecule has 0 aromatic carbocycles. The van der Waals surface area contributed by atoms with Crippen molar-refractivity contribution in [3.8, 4) is 0 Å². The van der Waals surface area contributed by atoms with E-state index in [1.54, 1.807) is 6.92 Å². The van der Waals surface area contributed by atoms with Crippen LogP contribution < -0.4 is 5.32 Å². The molecule has 7 nitrogen and oxygen atoms in total. The Hall–Kier alpha value is -2.35. The molecule has 23 heavy (non-hydrogen) atoms. The Morgan fingerprint density at radius 1 is 1.26 bits per heavy atom. The molecule has 0 aliphatic rings. The summed E-state index contributed by atoms with van der Waals surface area (Å²) in [6.45, 7) is 7.96. The van der Waals surface area contributed by atoms with Gasteiger partial charge in [-0.2, -0.15) is 0 Å². The van der Waals surface area contributed by atoms with Crippen molar-refractivity contribution in [1.29, 1.82) is 0 Å². The molecule has 0 atom stereocenters. The van der Waals surface area contributed by atoms with Crippen LogP contribution >= 0.6 is 11.3 Å². The van der Waals surface area contributed by atoms with Crippen LogP contribution in [0.1, 0.15) is 57.3 Å². The van der Waals surface area contributed by atoms with Gasteiger partial charge in [-0.25, -0.2) is 9.78 Å². The van der Waals surface area contributed by atoms with Crippen molar-refractivity contribution in [2.45, 2.75) is 39.7 Å². The summed E-state index contributed by atoms with van der Waals surface area (Å²) >= 11 is 1.45. The minimum atomic E-state index is -1.06. The maximum Gasteiger partial charge on any atom is 0.337 e. The number of carbonyl (C=O) groups excluding carboxylic acids is 1. The van der Waals surface area contributed by atoms with Gasteiger partial charge in [0.25, 0.3) is 5.91 Å². The summed E-state index contributed by atoms with van der Waals surface area (Å²) < 4.78 is 0. The molecule has 2 N–H and O–H groups in total. The zero-order chi connectivity index (χ0) is 17.2. The van der Waals surface area contributed by atoms with Gasteiger partial charge in [0.2, 0.25) is 0 Å². The number of carbonyl (C=O) groups is 2. The lowest BCUT2D eigenvalue weighted by molar-refractivity contribution is 0.0694. The van der Waals surface area contributed by atoms with Gasteiger partial charge in [-0.3, -0.25) is 4.79 Å². The molecule has 0 fully saturated rings. The summed E-state index contributed by atoms with van der Waals surface area (Å²) in [7, 11) is 0. The number of aromatic carboxylic acids is 1. The number of amides is 1. The fourth-order valence-electron chi connectivity index (χ4n) is 1.79. The van der Waals surface area contributed by atoms with E-state index in [0.29, 0.717) is 10.7 Å². The van der Waals surface area contributed by atoms with Gasteiger partial charge in [0.15, 0.2) is 0 Å². The van der Waals surface area contributed by atoms with Crippen LogP contribution in [-0.4, -0.2) is 32.2 Å². The maximum absolute atomic E-state index is 12.1. The van der Waals surface area contributed by atoms with Crippen molar-refractivity contribution in [3.05, 3.63) is 39.1 Å². The molecule has 2 aromatic heterocycles. The normalized spacial score (nSPS) is 11.3. The van der Waals surface area contributed by atoms with Crippen LogP contribution in [0.4, 0.5) is 0 Å². The smallest absolute Gasteiger partial charge is 0.337 e. The first-order valence-corrected chi connectivity index (χ1v) is 7.82. The standard InChI is InChI=1S/C15H18N4O3S/c1-8-9(13(21)22)5-6-10(17-8)12(20)16-7-11-18-19-14(23-11)15(2,3)4/h5-6H,7H2,1-4H3,(H,16,20)(H,21,22). The minimum absolute atomic E-state index is 0.0781. The summed E-state index contributed by atoms with van der Waals surface area (Å²) in [6, 6.07) is 2.77. The summed E-state index contributed by atoms with van der Waals surface area (Å²) in [5, 5.41) is 21.5. The topological polar surface area (TPSA) is 105 Å². The molecule has 0 bridgehead atoms. The van der Waals surface area contributed by atoms with Crippen LogP contribution in [0.25, 0.3) is 0 Å². The van der Waals surface area contributed by atoms with E-state index in [4.69, 9.17) is 5.11 Å². The van der Waals surface area contributed by atoms with Crippen LogP contribution in [0, 0.1) is 6.92 Å². The van der Waals surface area contributed by atoms with Crippen molar-refractivity contribution in [2.24, 2.45) is 0 Å². The van der Waals surface area contributed by atoms with Gasteiger partial charge in [-0.05, 0) is 19.1 Å². The molecule has 0 spiro atoms. The van der Waals surface area contributed by atoms with E-state index in [9.17, 15) is 9.59 Å². The highest BCUT2D eigenvalue weighted by Crippen LogP contribution is 2.25. The number of hydrogen-bond donors (Lipinski definition) is 2. The molecule has 0 unspecified atom stereocenters. The zero-order valence-electron chi connectivity index (χ0n) is 13.4. The summed E-state index contributed by atoms with van der Waals surface area (Å²) in [4.78, 5) is 27.1. The average molecular weight is 334 g/mol. The monoisotopic (exact) mass is 334 g/mol. The van der Waals surface area contributed by atoms with Gasteiger partial charge in [-0.15, -0.1) is 10.2 Å². The second-order valence-corrected chi connectivity index (χ2v) is 7.13. The number of pyridine rings is 1. The number of carboxylic acids is 1. The Balaban J connectivity index is 2.04. The first-order chi connectivity index (χ1) is 10.7. The largest absolute Gasteiger partial charge is 0.478 e. The third-order valence-electron chi connectivity index (χ3n) is 3.06. The van der Waals surface area contributed by atoms with Crippen molar-refractivity contribution < 1.29 is 14.7 Å². The molecule has 0 saturated heterocycles. The Morgan fingerprint density at radius 3 is 2.48 bits per heavy atom. The van der Waals surface area contributed by atoms with Gasteiger partial charge in [-0.1, -0.05) is 32.1 Å². The quantitative estimate of drug-likeness (QED) is 0.888. The van der Waals surface area contributed by atoms with Crippen LogP contribution in [0.2, 0.25) is 0 Å². The molecule has 1 amide bonds. The SMILES string of the molecule is Cc1nc(C(=O)NCc2nnc(C(C)(C)C)s2)ccc1C(=O)O. The van der Waals surface area contributed by atoms with Gasteiger partial charge in [0, 0.05) is 5.41 Å². The molecule has 0 aliphatic carbocycles. The lowest BCUT2D eigenvalue weighted by atomic mass is 9.98.